The summed E-state index contributed by atoms with van der Waals surface area (Å²) in [7, 11) is 0. The molecule has 0 atom stereocenters. The molecule has 0 aliphatic rings. The van der Waals surface area contributed by atoms with Crippen molar-refractivity contribution in [3.63, 3.8) is 0 Å². The molecule has 0 unspecified atom stereocenters. The Balaban J connectivity index is 2.84. The topological polar surface area (TPSA) is 36.0 Å². The first-order valence-corrected chi connectivity index (χ1v) is 2.75. The number of rotatable bonds is 1. The van der Waals surface area contributed by atoms with E-state index in [9.17, 15) is 0 Å². The van der Waals surface area contributed by atoms with Gasteiger partial charge in [0.25, 0.3) is 0 Å². The highest BCUT2D eigenvalue weighted by molar-refractivity contribution is 7.80. The van der Waals surface area contributed by atoms with E-state index in [4.69, 9.17) is 5.11 Å². The Bertz CT molecular complexity index is 173. The van der Waals surface area contributed by atoms with Crippen LogP contribution in [-0.4, -0.2) is 10.1 Å². The molecule has 1 aromatic rings. The minimum absolute atomic E-state index is 0.0561. The SMILES string of the molecule is OCc1ccc(S)[nH]1. The largest absolute Gasteiger partial charge is 0.390 e. The van der Waals surface area contributed by atoms with Crippen molar-refractivity contribution in [1.82, 2.24) is 4.98 Å². The first-order valence-electron chi connectivity index (χ1n) is 2.30. The number of thiol groups is 1. The highest BCUT2D eigenvalue weighted by Crippen LogP contribution is 2.04. The third-order valence-electron chi connectivity index (χ3n) is 0.901. The fraction of sp³-hybridized carbons (Fsp3) is 0.200. The van der Waals surface area contributed by atoms with Gasteiger partial charge in [0.05, 0.1) is 11.6 Å². The summed E-state index contributed by atoms with van der Waals surface area (Å²) < 4.78 is 0. The molecular weight excluding hydrogens is 122 g/mol. The van der Waals surface area contributed by atoms with Crippen molar-refractivity contribution >= 4 is 12.6 Å². The second kappa shape index (κ2) is 2.24. The number of hydrogen-bond acceptors (Lipinski definition) is 2. The van der Waals surface area contributed by atoms with Crippen LogP contribution in [0.3, 0.4) is 0 Å². The third-order valence-corrected chi connectivity index (χ3v) is 1.16. The van der Waals surface area contributed by atoms with Crippen LogP contribution in [0.15, 0.2) is 17.2 Å². The molecule has 0 bridgehead atoms. The average Bonchev–Trinajstić information content (AvgIpc) is 2.14. The van der Waals surface area contributed by atoms with Gasteiger partial charge in [0.2, 0.25) is 0 Å². The fourth-order valence-corrected chi connectivity index (χ4v) is 0.738. The van der Waals surface area contributed by atoms with E-state index in [1.807, 2.05) is 0 Å². The quantitative estimate of drug-likeness (QED) is 0.482. The van der Waals surface area contributed by atoms with E-state index in [1.54, 1.807) is 12.1 Å². The minimum Gasteiger partial charge on any atom is -0.390 e. The molecular formula is C5H7NOS. The molecule has 3 heteroatoms. The Kier molecular flexibility index (Phi) is 1.60. The molecule has 0 aromatic carbocycles. The van der Waals surface area contributed by atoms with Crippen molar-refractivity contribution in [2.24, 2.45) is 0 Å². The van der Waals surface area contributed by atoms with Crippen LogP contribution in [0.25, 0.3) is 0 Å². The van der Waals surface area contributed by atoms with Gasteiger partial charge in [-0.2, -0.15) is 0 Å². The second-order valence-corrected chi connectivity index (χ2v) is 2.01. The predicted molar refractivity (Wildman–Crippen MR) is 34.0 cm³/mol. The van der Waals surface area contributed by atoms with E-state index in [2.05, 4.69) is 17.6 Å². The normalized spacial score (nSPS) is 9.75. The van der Waals surface area contributed by atoms with Gasteiger partial charge in [0.1, 0.15) is 0 Å². The number of hydrogen-bond donors (Lipinski definition) is 3. The van der Waals surface area contributed by atoms with Crippen LogP contribution in [0.1, 0.15) is 5.69 Å². The molecule has 0 aliphatic heterocycles. The summed E-state index contributed by atoms with van der Waals surface area (Å²) in [4.78, 5) is 2.84. The first-order chi connectivity index (χ1) is 3.83. The van der Waals surface area contributed by atoms with E-state index in [1.165, 1.54) is 0 Å². The summed E-state index contributed by atoms with van der Waals surface area (Å²) in [5, 5.41) is 9.27. The zero-order chi connectivity index (χ0) is 5.98. The van der Waals surface area contributed by atoms with Gasteiger partial charge in [0, 0.05) is 5.69 Å². The van der Waals surface area contributed by atoms with Crippen molar-refractivity contribution < 1.29 is 5.11 Å². The molecule has 1 heterocycles. The molecule has 0 radical (unpaired) electrons. The van der Waals surface area contributed by atoms with Crippen molar-refractivity contribution in [3.8, 4) is 0 Å². The number of aromatic amines is 1. The lowest BCUT2D eigenvalue weighted by Crippen LogP contribution is -1.79. The Morgan fingerprint density at radius 2 is 2.38 bits per heavy atom. The maximum absolute atomic E-state index is 8.49. The number of aromatic nitrogens is 1. The molecule has 0 amide bonds. The zero-order valence-corrected chi connectivity index (χ0v) is 5.15. The van der Waals surface area contributed by atoms with Gasteiger partial charge in [-0.05, 0) is 12.1 Å². The van der Waals surface area contributed by atoms with Crippen molar-refractivity contribution in [2.75, 3.05) is 0 Å². The molecule has 0 saturated carbocycles. The maximum Gasteiger partial charge on any atom is 0.0831 e. The van der Waals surface area contributed by atoms with E-state index in [0.29, 0.717) is 0 Å². The third kappa shape index (κ3) is 1.05. The van der Waals surface area contributed by atoms with Crippen LogP contribution in [0.4, 0.5) is 0 Å². The van der Waals surface area contributed by atoms with Crippen LogP contribution in [-0.2, 0) is 6.61 Å². The lowest BCUT2D eigenvalue weighted by atomic mass is 10.5. The molecule has 2 N–H and O–H groups in total. The van der Waals surface area contributed by atoms with E-state index < -0.39 is 0 Å². The van der Waals surface area contributed by atoms with Gasteiger partial charge in [-0.25, -0.2) is 0 Å². The molecule has 44 valence electrons. The van der Waals surface area contributed by atoms with Crippen molar-refractivity contribution in [1.29, 1.82) is 0 Å². The highest BCUT2D eigenvalue weighted by Gasteiger charge is 1.89. The number of nitrogens with one attached hydrogen (secondary N) is 1. The Labute approximate surface area is 53.0 Å². The first kappa shape index (κ1) is 5.72. The van der Waals surface area contributed by atoms with Crippen molar-refractivity contribution in [2.45, 2.75) is 11.6 Å². The summed E-state index contributed by atoms with van der Waals surface area (Å²) in [6, 6.07) is 3.59. The van der Waals surface area contributed by atoms with Crippen LogP contribution in [0, 0.1) is 0 Å². The van der Waals surface area contributed by atoms with Crippen LogP contribution in [0.2, 0.25) is 0 Å². The molecule has 1 aromatic heterocycles. The monoisotopic (exact) mass is 129 g/mol. The summed E-state index contributed by atoms with van der Waals surface area (Å²) >= 11 is 3.99. The molecule has 0 fully saturated rings. The second-order valence-electron chi connectivity index (χ2n) is 1.53. The number of aliphatic hydroxyl groups is 1. The van der Waals surface area contributed by atoms with Crippen LogP contribution < -0.4 is 0 Å². The molecule has 0 saturated heterocycles. The van der Waals surface area contributed by atoms with Crippen LogP contribution in [0.5, 0.6) is 0 Å². The summed E-state index contributed by atoms with van der Waals surface area (Å²) in [6.45, 7) is 0.0561. The smallest absolute Gasteiger partial charge is 0.0831 e. The van der Waals surface area contributed by atoms with Crippen LogP contribution >= 0.6 is 12.6 Å². The zero-order valence-electron chi connectivity index (χ0n) is 4.26. The summed E-state index contributed by atoms with van der Waals surface area (Å²) in [6.07, 6.45) is 0. The predicted octanol–water partition coefficient (Wildman–Crippen LogP) is 0.796. The molecule has 0 aliphatic carbocycles. The Morgan fingerprint density at radius 1 is 1.62 bits per heavy atom. The minimum atomic E-state index is 0.0561. The fourth-order valence-electron chi connectivity index (χ4n) is 0.520. The van der Waals surface area contributed by atoms with Gasteiger partial charge < -0.3 is 10.1 Å². The van der Waals surface area contributed by atoms with E-state index in [0.717, 1.165) is 10.7 Å². The molecule has 0 spiro atoms. The molecule has 2 nitrogen and oxygen atoms in total. The maximum atomic E-state index is 8.49. The lowest BCUT2D eigenvalue weighted by molar-refractivity contribution is 0.277. The van der Waals surface area contributed by atoms with E-state index >= 15 is 0 Å². The highest BCUT2D eigenvalue weighted by atomic mass is 32.1. The molecule has 1 rings (SSSR count). The van der Waals surface area contributed by atoms with Gasteiger partial charge >= 0.3 is 0 Å². The summed E-state index contributed by atoms with van der Waals surface area (Å²) in [5.41, 5.74) is 0.801. The Morgan fingerprint density at radius 3 is 2.62 bits per heavy atom. The number of H-pyrrole nitrogens is 1. The average molecular weight is 129 g/mol. The van der Waals surface area contributed by atoms with Gasteiger partial charge in [-0.3, -0.25) is 0 Å². The molecule has 8 heavy (non-hydrogen) atoms. The Hall–Kier alpha value is -0.410. The van der Waals surface area contributed by atoms with E-state index in [-0.39, 0.29) is 6.61 Å². The summed E-state index contributed by atoms with van der Waals surface area (Å²) in [5.74, 6) is 0. The standard InChI is InChI=1S/C5H7NOS/c7-3-4-1-2-5(8)6-4/h1-2,6-8H,3H2. The van der Waals surface area contributed by atoms with Gasteiger partial charge in [-0.15, -0.1) is 12.6 Å². The van der Waals surface area contributed by atoms with Gasteiger partial charge in [0.15, 0.2) is 0 Å². The van der Waals surface area contributed by atoms with Crippen molar-refractivity contribution in [3.05, 3.63) is 17.8 Å². The lowest BCUT2D eigenvalue weighted by Gasteiger charge is -1.83. The number of aliphatic hydroxyl groups excluding tert-OH is 1. The van der Waals surface area contributed by atoms with Gasteiger partial charge in [-0.1, -0.05) is 0 Å².